The minimum atomic E-state index is 0.478. The molecule has 32 heavy (non-hydrogen) atoms. The Hall–Kier alpha value is -2.54. The molecule has 7 nitrogen and oxygen atoms in total. The van der Waals surface area contributed by atoms with Gasteiger partial charge in [-0.1, -0.05) is 26.0 Å². The number of rotatable bonds is 10. The quantitative estimate of drug-likeness (QED) is 0.436. The van der Waals surface area contributed by atoms with E-state index in [-0.39, 0.29) is 0 Å². The summed E-state index contributed by atoms with van der Waals surface area (Å²) < 4.78 is 13.7. The summed E-state index contributed by atoms with van der Waals surface area (Å²) in [6.07, 6.45) is 2.96. The Kier molecular flexibility index (Phi) is 8.97. The van der Waals surface area contributed by atoms with Gasteiger partial charge < -0.3 is 20.1 Å². The van der Waals surface area contributed by atoms with Crippen LogP contribution in [0.1, 0.15) is 55.3 Å². The molecule has 1 unspecified atom stereocenters. The van der Waals surface area contributed by atoms with Crippen LogP contribution in [0.4, 0.5) is 0 Å². The molecular formula is C25H39N5O2. The Morgan fingerprint density at radius 1 is 1.25 bits per heavy atom. The lowest BCUT2D eigenvalue weighted by molar-refractivity contribution is 0.166. The predicted molar refractivity (Wildman–Crippen MR) is 129 cm³/mol. The number of guanidine groups is 1. The Balaban J connectivity index is 1.70. The summed E-state index contributed by atoms with van der Waals surface area (Å²) in [7, 11) is 2.03. The van der Waals surface area contributed by atoms with Gasteiger partial charge in [0.25, 0.3) is 0 Å². The monoisotopic (exact) mass is 441 g/mol. The first-order valence-corrected chi connectivity index (χ1v) is 11.9. The number of hydrogen-bond acceptors (Lipinski definition) is 4. The third-order valence-corrected chi connectivity index (χ3v) is 5.93. The molecule has 0 bridgehead atoms. The lowest BCUT2D eigenvalue weighted by atomic mass is 10.1. The van der Waals surface area contributed by atoms with Crippen LogP contribution >= 0.6 is 0 Å². The van der Waals surface area contributed by atoms with E-state index in [9.17, 15) is 0 Å². The van der Waals surface area contributed by atoms with E-state index in [4.69, 9.17) is 14.5 Å². The molecule has 2 N–H and O–H groups in total. The molecule has 1 aliphatic heterocycles. The van der Waals surface area contributed by atoms with E-state index in [0.29, 0.717) is 25.6 Å². The lowest BCUT2D eigenvalue weighted by Crippen LogP contribution is -2.37. The molecule has 7 heteroatoms. The zero-order valence-corrected chi connectivity index (χ0v) is 20.3. The molecule has 176 valence electrons. The number of aryl methyl sites for hydroxylation is 3. The molecule has 0 saturated carbocycles. The number of aromatic nitrogens is 2. The number of aliphatic imine (C=N–C) groups is 1. The highest BCUT2D eigenvalue weighted by Crippen LogP contribution is 2.23. The number of nitrogens with zero attached hydrogens (tertiary/aromatic N) is 3. The molecule has 0 aliphatic carbocycles. The van der Waals surface area contributed by atoms with Crippen LogP contribution in [0, 0.1) is 12.8 Å². The second-order valence-corrected chi connectivity index (χ2v) is 8.40. The zero-order chi connectivity index (χ0) is 22.9. The van der Waals surface area contributed by atoms with Crippen molar-refractivity contribution in [3.05, 3.63) is 46.3 Å². The number of hydrogen-bond donors (Lipinski definition) is 2. The highest BCUT2D eigenvalue weighted by Gasteiger charge is 2.17. The molecule has 1 aromatic carbocycles. The van der Waals surface area contributed by atoms with E-state index in [1.165, 1.54) is 16.8 Å². The summed E-state index contributed by atoms with van der Waals surface area (Å²) in [5.41, 5.74) is 5.99. The normalized spacial score (nSPS) is 16.4. The first-order chi connectivity index (χ1) is 15.5. The van der Waals surface area contributed by atoms with Crippen molar-refractivity contribution in [3.63, 3.8) is 0 Å². The van der Waals surface area contributed by atoms with Crippen molar-refractivity contribution in [2.75, 3.05) is 26.4 Å². The molecule has 2 aromatic rings. The van der Waals surface area contributed by atoms with Gasteiger partial charge in [-0.25, -0.2) is 4.99 Å². The molecule has 1 saturated heterocycles. The Morgan fingerprint density at radius 2 is 2.09 bits per heavy atom. The average Bonchev–Trinajstić information content (AvgIpc) is 3.42. The van der Waals surface area contributed by atoms with Gasteiger partial charge in [-0.15, -0.1) is 0 Å². The first kappa shape index (κ1) is 24.1. The Morgan fingerprint density at radius 3 is 2.78 bits per heavy atom. The van der Waals surface area contributed by atoms with E-state index in [2.05, 4.69) is 61.6 Å². The smallest absolute Gasteiger partial charge is 0.191 e. The van der Waals surface area contributed by atoms with Crippen molar-refractivity contribution in [1.29, 1.82) is 0 Å². The third kappa shape index (κ3) is 6.25. The maximum atomic E-state index is 6.19. The third-order valence-electron chi connectivity index (χ3n) is 5.93. The molecule has 1 aliphatic rings. The van der Waals surface area contributed by atoms with Gasteiger partial charge in [-0.05, 0) is 44.7 Å². The van der Waals surface area contributed by atoms with E-state index >= 15 is 0 Å². The maximum absolute atomic E-state index is 6.19. The van der Waals surface area contributed by atoms with Crippen LogP contribution in [0.15, 0.2) is 23.2 Å². The summed E-state index contributed by atoms with van der Waals surface area (Å²) in [5, 5.41) is 11.6. The summed E-state index contributed by atoms with van der Waals surface area (Å²) in [6, 6.07) is 6.35. The molecule has 1 fully saturated rings. The SMILES string of the molecule is CCNC(=NCc1ccc(C)cc1OCC1CCOC1)NCc1c(CC)nn(C)c1CC. The molecular weight excluding hydrogens is 402 g/mol. The zero-order valence-electron chi connectivity index (χ0n) is 20.3. The van der Waals surface area contributed by atoms with E-state index in [0.717, 1.165) is 62.0 Å². The Bertz CT molecular complexity index is 900. The van der Waals surface area contributed by atoms with Crippen LogP contribution < -0.4 is 15.4 Å². The van der Waals surface area contributed by atoms with Crippen molar-refractivity contribution >= 4 is 5.96 Å². The molecule has 0 radical (unpaired) electrons. The fraction of sp³-hybridized carbons (Fsp3) is 0.600. The second kappa shape index (κ2) is 11.9. The van der Waals surface area contributed by atoms with E-state index in [1.54, 1.807) is 0 Å². The van der Waals surface area contributed by atoms with Crippen molar-refractivity contribution < 1.29 is 9.47 Å². The van der Waals surface area contributed by atoms with Crippen LogP contribution in [0.2, 0.25) is 0 Å². The van der Waals surface area contributed by atoms with Gasteiger partial charge >= 0.3 is 0 Å². The van der Waals surface area contributed by atoms with E-state index in [1.807, 2.05) is 11.7 Å². The highest BCUT2D eigenvalue weighted by molar-refractivity contribution is 5.79. The largest absolute Gasteiger partial charge is 0.493 e. The number of benzene rings is 1. The second-order valence-electron chi connectivity index (χ2n) is 8.40. The first-order valence-electron chi connectivity index (χ1n) is 11.9. The predicted octanol–water partition coefficient (Wildman–Crippen LogP) is 3.52. The number of nitrogens with one attached hydrogen (secondary N) is 2. The van der Waals surface area contributed by atoms with Gasteiger partial charge in [-0.3, -0.25) is 4.68 Å². The van der Waals surface area contributed by atoms with Gasteiger partial charge in [0.15, 0.2) is 5.96 Å². The van der Waals surface area contributed by atoms with Gasteiger partial charge in [0.1, 0.15) is 5.75 Å². The fourth-order valence-corrected chi connectivity index (χ4v) is 4.12. The van der Waals surface area contributed by atoms with Gasteiger partial charge in [-0.2, -0.15) is 5.10 Å². The van der Waals surface area contributed by atoms with Crippen molar-refractivity contribution in [3.8, 4) is 5.75 Å². The standard InChI is InChI=1S/C25H39N5O2/c1-6-22-21(23(7-2)30(5)29-22)15-28-25(26-8-3)27-14-20-10-9-18(4)13-24(20)32-17-19-11-12-31-16-19/h9-10,13,19H,6-8,11-12,14-17H2,1-5H3,(H2,26,27,28). The minimum absolute atomic E-state index is 0.478. The minimum Gasteiger partial charge on any atom is -0.493 e. The summed E-state index contributed by atoms with van der Waals surface area (Å²) in [5.74, 6) is 2.20. The highest BCUT2D eigenvalue weighted by atomic mass is 16.5. The van der Waals surface area contributed by atoms with Crippen LogP contribution in [0.25, 0.3) is 0 Å². The van der Waals surface area contributed by atoms with Crippen molar-refractivity contribution in [2.24, 2.45) is 18.0 Å². The van der Waals surface area contributed by atoms with Crippen LogP contribution in [0.3, 0.4) is 0 Å². The van der Waals surface area contributed by atoms with Crippen molar-refractivity contribution in [2.45, 2.75) is 60.0 Å². The molecule has 0 spiro atoms. The molecule has 3 rings (SSSR count). The molecule has 1 aromatic heterocycles. The van der Waals surface area contributed by atoms with Crippen molar-refractivity contribution in [1.82, 2.24) is 20.4 Å². The van der Waals surface area contributed by atoms with Crippen LogP contribution in [0.5, 0.6) is 5.75 Å². The molecule has 0 amide bonds. The lowest BCUT2D eigenvalue weighted by Gasteiger charge is -2.15. The fourth-order valence-electron chi connectivity index (χ4n) is 4.12. The molecule has 1 atom stereocenters. The summed E-state index contributed by atoms with van der Waals surface area (Å²) >= 11 is 0. The summed E-state index contributed by atoms with van der Waals surface area (Å²) in [6.45, 7) is 12.9. The number of ether oxygens (including phenoxy) is 2. The Labute approximate surface area is 192 Å². The average molecular weight is 442 g/mol. The van der Waals surface area contributed by atoms with Crippen LogP contribution in [-0.4, -0.2) is 42.1 Å². The summed E-state index contributed by atoms with van der Waals surface area (Å²) in [4.78, 5) is 4.85. The maximum Gasteiger partial charge on any atom is 0.191 e. The van der Waals surface area contributed by atoms with Gasteiger partial charge in [0.05, 0.1) is 25.5 Å². The van der Waals surface area contributed by atoms with Crippen LogP contribution in [-0.2, 0) is 37.7 Å². The topological polar surface area (TPSA) is 72.7 Å². The van der Waals surface area contributed by atoms with Gasteiger partial charge in [0.2, 0.25) is 0 Å². The molecule has 2 heterocycles. The van der Waals surface area contributed by atoms with Gasteiger partial charge in [0, 0.05) is 49.5 Å². The van der Waals surface area contributed by atoms with E-state index < -0.39 is 0 Å².